The molecular formula is C7H15LiO2. The van der Waals surface area contributed by atoms with Crippen LogP contribution >= 0.6 is 0 Å². The van der Waals surface area contributed by atoms with Gasteiger partial charge in [0.25, 0.3) is 0 Å². The van der Waals surface area contributed by atoms with Crippen molar-refractivity contribution in [2.75, 3.05) is 13.2 Å². The zero-order valence-corrected chi connectivity index (χ0v) is 7.22. The van der Waals surface area contributed by atoms with Gasteiger partial charge in [0, 0.05) is 13.2 Å². The van der Waals surface area contributed by atoms with E-state index in [1.165, 1.54) is 0 Å². The molecule has 56 valence electrons. The van der Waals surface area contributed by atoms with E-state index in [0.717, 1.165) is 6.42 Å². The van der Waals surface area contributed by atoms with E-state index in [9.17, 15) is 0 Å². The number of hydrogen-bond donors (Lipinski definition) is 0. The van der Waals surface area contributed by atoms with E-state index in [0.29, 0.717) is 13.2 Å². The van der Waals surface area contributed by atoms with Crippen LogP contribution in [0.5, 0.6) is 0 Å². The maximum atomic E-state index is 5.15. The zero-order chi connectivity index (χ0) is 7.11. The second-order valence-electron chi connectivity index (χ2n) is 1.75. The maximum absolute atomic E-state index is 5.15. The average Bonchev–Trinajstić information content (AvgIpc) is 1.85. The van der Waals surface area contributed by atoms with Crippen LogP contribution in [0.1, 0.15) is 20.3 Å². The summed E-state index contributed by atoms with van der Waals surface area (Å²) in [5.41, 5.74) is 0. The van der Waals surface area contributed by atoms with E-state index in [-0.39, 0.29) is 25.2 Å². The molecule has 0 fully saturated rings. The average molecular weight is 138 g/mol. The van der Waals surface area contributed by atoms with Crippen molar-refractivity contribution < 1.29 is 28.3 Å². The molecule has 3 heteroatoms. The summed E-state index contributed by atoms with van der Waals surface area (Å²) >= 11 is 0. The Morgan fingerprint density at radius 2 is 2.00 bits per heavy atom. The minimum Gasteiger partial charge on any atom is -0.356 e. The SMILES string of the molecule is [CH2-]CCOC(C)OCC.[Li+]. The predicted molar refractivity (Wildman–Crippen MR) is 37.0 cm³/mol. The van der Waals surface area contributed by atoms with Crippen molar-refractivity contribution in [3.05, 3.63) is 6.92 Å². The Morgan fingerprint density at radius 1 is 1.40 bits per heavy atom. The summed E-state index contributed by atoms with van der Waals surface area (Å²) in [5.74, 6) is 0. The molecule has 0 heterocycles. The Hall–Kier alpha value is 0.517. The van der Waals surface area contributed by atoms with Gasteiger partial charge in [-0.25, -0.2) is 0 Å². The molecule has 0 N–H and O–H groups in total. The summed E-state index contributed by atoms with van der Waals surface area (Å²) in [7, 11) is 0. The van der Waals surface area contributed by atoms with Gasteiger partial charge in [-0.3, -0.25) is 0 Å². The van der Waals surface area contributed by atoms with E-state index in [1.54, 1.807) is 0 Å². The number of ether oxygens (including phenoxy) is 2. The van der Waals surface area contributed by atoms with Gasteiger partial charge in [0.05, 0.1) is 0 Å². The van der Waals surface area contributed by atoms with Crippen molar-refractivity contribution in [3.63, 3.8) is 0 Å². The van der Waals surface area contributed by atoms with Gasteiger partial charge >= 0.3 is 18.9 Å². The monoisotopic (exact) mass is 138 g/mol. The first-order valence-electron chi connectivity index (χ1n) is 3.33. The Bertz CT molecular complexity index is 59.6. The molecule has 0 aliphatic heterocycles. The van der Waals surface area contributed by atoms with Gasteiger partial charge in [-0.05, 0) is 13.8 Å². The third-order valence-corrected chi connectivity index (χ3v) is 0.898. The molecule has 1 atom stereocenters. The van der Waals surface area contributed by atoms with Crippen LogP contribution in [0.3, 0.4) is 0 Å². The summed E-state index contributed by atoms with van der Waals surface area (Å²) in [6.07, 6.45) is 0.731. The molecule has 0 aliphatic carbocycles. The molecule has 0 saturated carbocycles. The summed E-state index contributed by atoms with van der Waals surface area (Å²) in [5, 5.41) is 0. The van der Waals surface area contributed by atoms with Crippen molar-refractivity contribution in [2.24, 2.45) is 0 Å². The first kappa shape index (κ1) is 13.1. The topological polar surface area (TPSA) is 18.5 Å². The first-order valence-corrected chi connectivity index (χ1v) is 3.33. The van der Waals surface area contributed by atoms with Gasteiger partial charge in [0.15, 0.2) is 6.29 Å². The van der Waals surface area contributed by atoms with Gasteiger partial charge in [-0.15, -0.1) is 0 Å². The Labute approximate surface area is 75.5 Å². The van der Waals surface area contributed by atoms with Gasteiger partial charge in [0.1, 0.15) is 0 Å². The van der Waals surface area contributed by atoms with E-state index in [2.05, 4.69) is 6.92 Å². The third kappa shape index (κ3) is 8.52. The van der Waals surface area contributed by atoms with Crippen LogP contribution in [0.15, 0.2) is 0 Å². The van der Waals surface area contributed by atoms with E-state index < -0.39 is 0 Å². The molecule has 0 radical (unpaired) electrons. The summed E-state index contributed by atoms with van der Waals surface area (Å²) < 4.78 is 10.2. The summed E-state index contributed by atoms with van der Waals surface area (Å²) in [4.78, 5) is 0. The molecule has 0 aromatic rings. The Balaban J connectivity index is 0. The van der Waals surface area contributed by atoms with Crippen molar-refractivity contribution >= 4 is 0 Å². The van der Waals surface area contributed by atoms with Crippen molar-refractivity contribution in [1.82, 2.24) is 0 Å². The van der Waals surface area contributed by atoms with Crippen LogP contribution in [0, 0.1) is 6.92 Å². The molecule has 1 unspecified atom stereocenters. The summed E-state index contributed by atoms with van der Waals surface area (Å²) in [6, 6.07) is 0. The van der Waals surface area contributed by atoms with Crippen LogP contribution in [0.25, 0.3) is 0 Å². The molecule has 0 spiro atoms. The third-order valence-electron chi connectivity index (χ3n) is 0.898. The largest absolute Gasteiger partial charge is 1.00 e. The molecule has 0 saturated heterocycles. The Morgan fingerprint density at radius 3 is 2.40 bits per heavy atom. The fourth-order valence-corrected chi connectivity index (χ4v) is 0.532. The van der Waals surface area contributed by atoms with Crippen LogP contribution in [0.2, 0.25) is 0 Å². The minimum atomic E-state index is -0.0725. The Kier molecular flexibility index (Phi) is 12.5. The predicted octanol–water partition coefficient (Wildman–Crippen LogP) is -1.39. The maximum Gasteiger partial charge on any atom is 1.00 e. The zero-order valence-electron chi connectivity index (χ0n) is 7.22. The molecule has 0 aromatic carbocycles. The molecule has 0 bridgehead atoms. The molecular weight excluding hydrogens is 123 g/mol. The summed E-state index contributed by atoms with van der Waals surface area (Å²) in [6.45, 7) is 8.86. The van der Waals surface area contributed by atoms with Crippen molar-refractivity contribution in [3.8, 4) is 0 Å². The molecule has 2 nitrogen and oxygen atoms in total. The van der Waals surface area contributed by atoms with Crippen LogP contribution in [0.4, 0.5) is 0 Å². The normalized spacial score (nSPS) is 12.3. The number of rotatable bonds is 5. The minimum absolute atomic E-state index is 0. The second-order valence-corrected chi connectivity index (χ2v) is 1.75. The fraction of sp³-hybridized carbons (Fsp3) is 0.857. The van der Waals surface area contributed by atoms with E-state index in [4.69, 9.17) is 9.47 Å². The standard InChI is InChI=1S/C7H15O2.Li/c1-4-6-9-7(3)8-5-2;/h7H,1,4-6H2,2-3H3;/q-1;+1. The van der Waals surface area contributed by atoms with Crippen LogP contribution in [-0.2, 0) is 9.47 Å². The first-order chi connectivity index (χ1) is 4.31. The second kappa shape index (κ2) is 9.52. The fourth-order valence-electron chi connectivity index (χ4n) is 0.532. The van der Waals surface area contributed by atoms with Gasteiger partial charge in [-0.1, -0.05) is 0 Å². The smallest absolute Gasteiger partial charge is 0.356 e. The molecule has 0 rings (SSSR count). The van der Waals surface area contributed by atoms with Crippen LogP contribution < -0.4 is 18.9 Å². The van der Waals surface area contributed by atoms with Crippen LogP contribution in [-0.4, -0.2) is 19.5 Å². The molecule has 0 amide bonds. The van der Waals surface area contributed by atoms with E-state index >= 15 is 0 Å². The van der Waals surface area contributed by atoms with Gasteiger partial charge in [0.2, 0.25) is 0 Å². The van der Waals surface area contributed by atoms with E-state index in [1.807, 2.05) is 13.8 Å². The van der Waals surface area contributed by atoms with Gasteiger partial charge in [-0.2, -0.15) is 6.42 Å². The molecule has 10 heavy (non-hydrogen) atoms. The molecule has 0 aliphatic rings. The molecule has 0 aromatic heterocycles. The van der Waals surface area contributed by atoms with Crippen molar-refractivity contribution in [2.45, 2.75) is 26.6 Å². The number of hydrogen-bond acceptors (Lipinski definition) is 2. The van der Waals surface area contributed by atoms with Crippen molar-refractivity contribution in [1.29, 1.82) is 0 Å². The van der Waals surface area contributed by atoms with Gasteiger partial charge < -0.3 is 16.4 Å². The quantitative estimate of drug-likeness (QED) is 0.265.